The van der Waals surface area contributed by atoms with Gasteiger partial charge in [0, 0.05) is 22.6 Å². The third-order valence-electron chi connectivity index (χ3n) is 3.74. The van der Waals surface area contributed by atoms with Gasteiger partial charge >= 0.3 is 5.97 Å². The minimum absolute atomic E-state index is 0.0277. The van der Waals surface area contributed by atoms with E-state index in [-0.39, 0.29) is 11.5 Å². The van der Waals surface area contributed by atoms with Gasteiger partial charge in [0.15, 0.2) is 23.9 Å². The number of nitrogens with zero attached hydrogens (tertiary/aromatic N) is 1. The van der Waals surface area contributed by atoms with Crippen LogP contribution < -0.4 is 9.47 Å². The van der Waals surface area contributed by atoms with Crippen LogP contribution in [0.4, 0.5) is 5.69 Å². The standard InChI is InChI=1S/C19H19NO7S/c1-12(28-15-7-5-14(6-8-15)20(23)24)19(22)27-11-16(21)13-4-9-17(25-2)18(10-13)26-3/h4-10,12H,11H2,1-3H3/t12-/m0/s1. The summed E-state index contributed by atoms with van der Waals surface area (Å²) in [6.45, 7) is 1.23. The maximum atomic E-state index is 12.3. The topological polar surface area (TPSA) is 105 Å². The molecule has 0 unspecified atom stereocenters. The Morgan fingerprint density at radius 2 is 1.71 bits per heavy atom. The Hall–Kier alpha value is -3.07. The van der Waals surface area contributed by atoms with Crippen LogP contribution in [0, 0.1) is 10.1 Å². The molecule has 0 fully saturated rings. The molecule has 2 aromatic carbocycles. The molecule has 1 atom stereocenters. The molecule has 148 valence electrons. The molecule has 0 amide bonds. The van der Waals surface area contributed by atoms with Gasteiger partial charge in [-0.15, -0.1) is 11.8 Å². The summed E-state index contributed by atoms with van der Waals surface area (Å²) in [5.41, 5.74) is 0.307. The molecular formula is C19H19NO7S. The van der Waals surface area contributed by atoms with E-state index in [0.29, 0.717) is 22.0 Å². The second-order valence-corrected chi connectivity index (χ2v) is 7.03. The van der Waals surface area contributed by atoms with Crippen molar-refractivity contribution in [1.29, 1.82) is 0 Å². The summed E-state index contributed by atoms with van der Waals surface area (Å²) in [7, 11) is 2.95. The number of hydrogen-bond donors (Lipinski definition) is 0. The maximum Gasteiger partial charge on any atom is 0.319 e. The number of ketones is 1. The zero-order chi connectivity index (χ0) is 20.7. The fourth-order valence-electron chi connectivity index (χ4n) is 2.25. The predicted molar refractivity (Wildman–Crippen MR) is 103 cm³/mol. The molecule has 0 spiro atoms. The van der Waals surface area contributed by atoms with Gasteiger partial charge in [0.05, 0.1) is 19.1 Å². The van der Waals surface area contributed by atoms with Gasteiger partial charge < -0.3 is 14.2 Å². The molecule has 2 aromatic rings. The largest absolute Gasteiger partial charge is 0.493 e. The van der Waals surface area contributed by atoms with Crippen LogP contribution in [0.5, 0.6) is 11.5 Å². The van der Waals surface area contributed by atoms with E-state index in [1.165, 1.54) is 44.2 Å². The lowest BCUT2D eigenvalue weighted by atomic mass is 10.1. The number of thioether (sulfide) groups is 1. The van der Waals surface area contributed by atoms with E-state index < -0.39 is 22.7 Å². The minimum atomic E-state index is -0.584. The smallest absolute Gasteiger partial charge is 0.319 e. The highest BCUT2D eigenvalue weighted by atomic mass is 32.2. The summed E-state index contributed by atoms with van der Waals surface area (Å²) in [5, 5.41) is 10.1. The first-order chi connectivity index (χ1) is 13.3. The van der Waals surface area contributed by atoms with Crippen LogP contribution in [0.3, 0.4) is 0 Å². The number of carbonyl (C=O) groups is 2. The van der Waals surface area contributed by atoms with E-state index in [4.69, 9.17) is 14.2 Å². The van der Waals surface area contributed by atoms with Crippen LogP contribution in [-0.4, -0.2) is 42.8 Å². The molecule has 0 N–H and O–H groups in total. The lowest BCUT2D eigenvalue weighted by Gasteiger charge is -2.12. The molecule has 9 heteroatoms. The van der Waals surface area contributed by atoms with E-state index in [1.807, 2.05) is 0 Å². The Balaban J connectivity index is 1.91. The first-order valence-corrected chi connectivity index (χ1v) is 9.06. The highest BCUT2D eigenvalue weighted by molar-refractivity contribution is 8.00. The predicted octanol–water partition coefficient (Wildman–Crippen LogP) is 3.52. The molecule has 0 saturated carbocycles. The third kappa shape index (κ3) is 5.46. The van der Waals surface area contributed by atoms with Crippen molar-refractivity contribution >= 4 is 29.2 Å². The summed E-state index contributed by atoms with van der Waals surface area (Å²) < 4.78 is 15.4. The quantitative estimate of drug-likeness (QED) is 0.205. The van der Waals surface area contributed by atoms with Gasteiger partial charge in [-0.3, -0.25) is 19.7 Å². The summed E-state index contributed by atoms with van der Waals surface area (Å²) >= 11 is 1.19. The first kappa shape index (κ1) is 21.2. The fourth-order valence-corrected chi connectivity index (χ4v) is 3.11. The van der Waals surface area contributed by atoms with Gasteiger partial charge in [-0.05, 0) is 37.3 Å². The molecule has 0 aliphatic rings. The number of rotatable bonds is 9. The van der Waals surface area contributed by atoms with Crippen LogP contribution >= 0.6 is 11.8 Å². The zero-order valence-corrected chi connectivity index (χ0v) is 16.4. The van der Waals surface area contributed by atoms with Crippen LogP contribution in [0.25, 0.3) is 0 Å². The Bertz CT molecular complexity index is 867. The van der Waals surface area contributed by atoms with Crippen LogP contribution in [0.15, 0.2) is 47.4 Å². The van der Waals surface area contributed by atoms with E-state index >= 15 is 0 Å². The molecule has 0 bridgehead atoms. The lowest BCUT2D eigenvalue weighted by Crippen LogP contribution is -2.21. The summed E-state index contributed by atoms with van der Waals surface area (Å²) in [6.07, 6.45) is 0. The zero-order valence-electron chi connectivity index (χ0n) is 15.5. The Kier molecular flexibility index (Phi) is 7.39. The molecule has 2 rings (SSSR count). The molecule has 28 heavy (non-hydrogen) atoms. The average molecular weight is 405 g/mol. The van der Waals surface area contributed by atoms with E-state index in [2.05, 4.69) is 0 Å². The van der Waals surface area contributed by atoms with Crippen molar-refractivity contribution in [2.75, 3.05) is 20.8 Å². The van der Waals surface area contributed by atoms with Crippen LogP contribution in [0.1, 0.15) is 17.3 Å². The van der Waals surface area contributed by atoms with Crippen molar-refractivity contribution < 1.29 is 28.7 Å². The first-order valence-electron chi connectivity index (χ1n) is 8.18. The molecule has 0 aromatic heterocycles. The van der Waals surface area contributed by atoms with Gasteiger partial charge in [-0.1, -0.05) is 0 Å². The van der Waals surface area contributed by atoms with Crippen LogP contribution in [-0.2, 0) is 9.53 Å². The highest BCUT2D eigenvalue weighted by Crippen LogP contribution is 2.28. The van der Waals surface area contributed by atoms with Gasteiger partial charge in [0.25, 0.3) is 5.69 Å². The Morgan fingerprint density at radius 1 is 1.07 bits per heavy atom. The minimum Gasteiger partial charge on any atom is -0.493 e. The van der Waals surface area contributed by atoms with E-state index in [1.54, 1.807) is 31.2 Å². The number of Topliss-reactive ketones (excluding diaryl/α,β-unsaturated/α-hetero) is 1. The number of nitro groups is 1. The molecule has 0 aliphatic carbocycles. The SMILES string of the molecule is COc1ccc(C(=O)COC(=O)[C@H](C)Sc2ccc([N+](=O)[O-])cc2)cc1OC. The molecule has 0 aliphatic heterocycles. The monoisotopic (exact) mass is 405 g/mol. The number of methoxy groups -OCH3 is 2. The lowest BCUT2D eigenvalue weighted by molar-refractivity contribution is -0.384. The van der Waals surface area contributed by atoms with Crippen molar-refractivity contribution in [3.8, 4) is 11.5 Å². The number of benzene rings is 2. The van der Waals surface area contributed by atoms with Crippen molar-refractivity contribution in [3.05, 3.63) is 58.1 Å². The van der Waals surface area contributed by atoms with Gasteiger partial charge in [0.2, 0.25) is 0 Å². The molecular weight excluding hydrogens is 386 g/mol. The molecule has 0 radical (unpaired) electrons. The number of ether oxygens (including phenoxy) is 3. The second kappa shape index (κ2) is 9.75. The van der Waals surface area contributed by atoms with Crippen molar-refractivity contribution in [1.82, 2.24) is 0 Å². The van der Waals surface area contributed by atoms with Crippen LogP contribution in [0.2, 0.25) is 0 Å². The van der Waals surface area contributed by atoms with Gasteiger partial charge in [-0.2, -0.15) is 0 Å². The van der Waals surface area contributed by atoms with Crippen molar-refractivity contribution in [2.24, 2.45) is 0 Å². The number of nitro benzene ring substituents is 1. The highest BCUT2D eigenvalue weighted by Gasteiger charge is 2.19. The van der Waals surface area contributed by atoms with E-state index in [9.17, 15) is 19.7 Å². The van der Waals surface area contributed by atoms with Crippen molar-refractivity contribution in [2.45, 2.75) is 17.1 Å². The number of hydrogen-bond acceptors (Lipinski definition) is 8. The summed E-state index contributed by atoms with van der Waals surface area (Å²) in [5.74, 6) is -0.0371. The number of esters is 1. The Labute approximate surface area is 165 Å². The number of carbonyl (C=O) groups excluding carboxylic acids is 2. The second-order valence-electron chi connectivity index (χ2n) is 5.61. The molecule has 0 saturated heterocycles. The average Bonchev–Trinajstić information content (AvgIpc) is 2.71. The normalized spacial score (nSPS) is 11.4. The van der Waals surface area contributed by atoms with E-state index in [0.717, 1.165) is 0 Å². The van der Waals surface area contributed by atoms with Crippen molar-refractivity contribution in [3.63, 3.8) is 0 Å². The van der Waals surface area contributed by atoms with Gasteiger partial charge in [-0.25, -0.2) is 0 Å². The third-order valence-corrected chi connectivity index (χ3v) is 4.83. The van der Waals surface area contributed by atoms with Gasteiger partial charge in [0.1, 0.15) is 5.25 Å². The molecule has 0 heterocycles. The summed E-state index contributed by atoms with van der Waals surface area (Å²) in [6, 6.07) is 10.5. The fraction of sp³-hybridized carbons (Fsp3) is 0.263. The summed E-state index contributed by atoms with van der Waals surface area (Å²) in [4.78, 5) is 35.2. The number of non-ortho nitro benzene ring substituents is 1. The Morgan fingerprint density at radius 3 is 2.29 bits per heavy atom. The maximum absolute atomic E-state index is 12.3. The molecule has 8 nitrogen and oxygen atoms in total.